The Bertz CT molecular complexity index is 1140. The standard InChI is InChI=1S/C22H20N2O3S/c1-2-24-20-13-12-17(22(25)23-15-16-8-4-3-5-9-16)14-19(20)18-10-6-7-11-21(18)28(24,26)27/h3-14H,2,15H2,1H3,(H,23,25). The highest BCUT2D eigenvalue weighted by Crippen LogP contribution is 2.43. The number of anilines is 1. The predicted molar refractivity (Wildman–Crippen MR) is 110 cm³/mol. The first-order valence-corrected chi connectivity index (χ1v) is 10.5. The summed E-state index contributed by atoms with van der Waals surface area (Å²) in [6, 6.07) is 21.8. The first-order valence-electron chi connectivity index (χ1n) is 9.10. The van der Waals surface area contributed by atoms with Crippen molar-refractivity contribution in [3.8, 4) is 11.1 Å². The van der Waals surface area contributed by atoms with Crippen LogP contribution in [0.3, 0.4) is 0 Å². The molecular formula is C22H20N2O3S. The van der Waals surface area contributed by atoms with Crippen molar-refractivity contribution in [2.24, 2.45) is 0 Å². The SMILES string of the molecule is CCN1c2ccc(C(=O)NCc3ccccc3)cc2-c2ccccc2S1(=O)=O. The van der Waals surface area contributed by atoms with Crippen LogP contribution in [-0.4, -0.2) is 20.9 Å². The highest BCUT2D eigenvalue weighted by atomic mass is 32.2. The summed E-state index contributed by atoms with van der Waals surface area (Å²) in [5, 5.41) is 2.92. The largest absolute Gasteiger partial charge is 0.348 e. The molecule has 3 aromatic carbocycles. The van der Waals surface area contributed by atoms with Gasteiger partial charge in [-0.15, -0.1) is 0 Å². The van der Waals surface area contributed by atoms with Crippen LogP contribution in [0.25, 0.3) is 11.1 Å². The van der Waals surface area contributed by atoms with Gasteiger partial charge in [-0.3, -0.25) is 9.10 Å². The number of fused-ring (bicyclic) bond motifs is 3. The van der Waals surface area contributed by atoms with Crippen molar-refractivity contribution in [2.45, 2.75) is 18.4 Å². The summed E-state index contributed by atoms with van der Waals surface area (Å²) in [6.07, 6.45) is 0. The predicted octanol–water partition coefficient (Wildman–Crippen LogP) is 3.81. The molecule has 0 fully saturated rings. The summed E-state index contributed by atoms with van der Waals surface area (Å²) in [5.41, 5.74) is 3.49. The molecule has 6 heteroatoms. The Morgan fingerprint density at radius 1 is 0.929 bits per heavy atom. The van der Waals surface area contributed by atoms with Crippen LogP contribution < -0.4 is 9.62 Å². The van der Waals surface area contributed by atoms with E-state index in [0.717, 1.165) is 11.1 Å². The van der Waals surface area contributed by atoms with Crippen molar-refractivity contribution in [1.29, 1.82) is 0 Å². The number of benzene rings is 3. The Morgan fingerprint density at radius 3 is 2.39 bits per heavy atom. The maximum atomic E-state index is 12.9. The third-order valence-electron chi connectivity index (χ3n) is 4.86. The first kappa shape index (κ1) is 18.3. The van der Waals surface area contributed by atoms with Crippen molar-refractivity contribution >= 4 is 21.6 Å². The number of hydrogen-bond donors (Lipinski definition) is 1. The van der Waals surface area contributed by atoms with Crippen LogP contribution in [0.4, 0.5) is 5.69 Å². The summed E-state index contributed by atoms with van der Waals surface area (Å²) in [7, 11) is -3.59. The van der Waals surface area contributed by atoms with Gasteiger partial charge in [-0.25, -0.2) is 8.42 Å². The lowest BCUT2D eigenvalue weighted by Crippen LogP contribution is -2.34. The van der Waals surface area contributed by atoms with Crippen LogP contribution in [0.2, 0.25) is 0 Å². The summed E-state index contributed by atoms with van der Waals surface area (Å²) in [5.74, 6) is -0.194. The van der Waals surface area contributed by atoms with E-state index < -0.39 is 10.0 Å². The smallest absolute Gasteiger partial charge is 0.264 e. The molecule has 0 saturated heterocycles. The number of nitrogens with one attached hydrogen (secondary N) is 1. The molecule has 28 heavy (non-hydrogen) atoms. The van der Waals surface area contributed by atoms with Gasteiger partial charge in [-0.1, -0.05) is 48.5 Å². The molecule has 0 aromatic heterocycles. The van der Waals surface area contributed by atoms with Gasteiger partial charge in [0.05, 0.1) is 10.6 Å². The molecular weight excluding hydrogens is 372 g/mol. The van der Waals surface area contributed by atoms with Gasteiger partial charge in [0.25, 0.3) is 15.9 Å². The molecule has 1 amide bonds. The number of sulfonamides is 1. The van der Waals surface area contributed by atoms with Crippen LogP contribution in [-0.2, 0) is 16.6 Å². The lowest BCUT2D eigenvalue weighted by atomic mass is 10.00. The van der Waals surface area contributed by atoms with E-state index in [2.05, 4.69) is 5.32 Å². The van der Waals surface area contributed by atoms with Crippen molar-refractivity contribution < 1.29 is 13.2 Å². The van der Waals surface area contributed by atoms with Crippen molar-refractivity contribution in [3.05, 3.63) is 83.9 Å². The summed E-state index contributed by atoms with van der Waals surface area (Å²) < 4.78 is 27.2. The monoisotopic (exact) mass is 392 g/mol. The van der Waals surface area contributed by atoms with Crippen LogP contribution in [0, 0.1) is 0 Å². The number of rotatable bonds is 4. The van der Waals surface area contributed by atoms with Gasteiger partial charge in [-0.05, 0) is 36.8 Å². The van der Waals surface area contributed by atoms with Crippen molar-refractivity contribution in [1.82, 2.24) is 5.32 Å². The van der Waals surface area contributed by atoms with E-state index in [0.29, 0.717) is 29.9 Å². The quantitative estimate of drug-likeness (QED) is 0.734. The molecule has 1 heterocycles. The molecule has 0 atom stereocenters. The maximum absolute atomic E-state index is 12.9. The summed E-state index contributed by atoms with van der Waals surface area (Å²) >= 11 is 0. The number of carbonyl (C=O) groups excluding carboxylic acids is 1. The Balaban J connectivity index is 1.71. The second-order valence-corrected chi connectivity index (χ2v) is 8.40. The highest BCUT2D eigenvalue weighted by Gasteiger charge is 2.34. The van der Waals surface area contributed by atoms with Crippen molar-refractivity contribution in [2.75, 3.05) is 10.8 Å². The average molecular weight is 392 g/mol. The zero-order valence-corrected chi connectivity index (χ0v) is 16.2. The fourth-order valence-corrected chi connectivity index (χ4v) is 5.20. The molecule has 0 radical (unpaired) electrons. The molecule has 0 aliphatic carbocycles. The second-order valence-electron chi connectivity index (χ2n) is 6.57. The molecule has 142 valence electrons. The van der Waals surface area contributed by atoms with E-state index in [9.17, 15) is 13.2 Å². The minimum atomic E-state index is -3.59. The van der Waals surface area contributed by atoms with E-state index >= 15 is 0 Å². The van der Waals surface area contributed by atoms with Crippen molar-refractivity contribution in [3.63, 3.8) is 0 Å². The third-order valence-corrected chi connectivity index (χ3v) is 6.80. The van der Waals surface area contributed by atoms with Crippen LogP contribution in [0.1, 0.15) is 22.8 Å². The molecule has 3 aromatic rings. The van der Waals surface area contributed by atoms with Gasteiger partial charge >= 0.3 is 0 Å². The molecule has 0 unspecified atom stereocenters. The van der Waals surface area contributed by atoms with Gasteiger partial charge in [0, 0.05) is 29.8 Å². The van der Waals surface area contributed by atoms with Crippen LogP contribution in [0.15, 0.2) is 77.7 Å². The topological polar surface area (TPSA) is 66.5 Å². The van der Waals surface area contributed by atoms with Gasteiger partial charge in [0.1, 0.15) is 0 Å². The lowest BCUT2D eigenvalue weighted by Gasteiger charge is -2.31. The minimum absolute atomic E-state index is 0.194. The Morgan fingerprint density at radius 2 is 1.64 bits per heavy atom. The molecule has 0 bridgehead atoms. The van der Waals surface area contributed by atoms with E-state index in [1.807, 2.05) is 36.4 Å². The fourth-order valence-electron chi connectivity index (χ4n) is 3.49. The number of amides is 1. The third kappa shape index (κ3) is 3.05. The molecule has 1 aliphatic rings. The van der Waals surface area contributed by atoms with Crippen LogP contribution >= 0.6 is 0 Å². The number of hydrogen-bond acceptors (Lipinski definition) is 3. The van der Waals surface area contributed by atoms with E-state index in [4.69, 9.17) is 0 Å². The molecule has 1 aliphatic heterocycles. The number of nitrogens with zero attached hydrogens (tertiary/aromatic N) is 1. The molecule has 0 spiro atoms. The zero-order valence-electron chi connectivity index (χ0n) is 15.4. The Kier molecular flexibility index (Phi) is 4.65. The van der Waals surface area contributed by atoms with E-state index in [1.54, 1.807) is 43.3 Å². The lowest BCUT2D eigenvalue weighted by molar-refractivity contribution is 0.0951. The molecule has 4 rings (SSSR count). The normalized spacial score (nSPS) is 14.1. The first-order chi connectivity index (χ1) is 13.5. The number of carbonyl (C=O) groups is 1. The Labute approximate surface area is 164 Å². The molecule has 5 nitrogen and oxygen atoms in total. The average Bonchev–Trinajstić information content (AvgIpc) is 2.73. The Hall–Kier alpha value is -3.12. The van der Waals surface area contributed by atoms with Gasteiger partial charge in [0.15, 0.2) is 0 Å². The van der Waals surface area contributed by atoms with Gasteiger partial charge in [0.2, 0.25) is 0 Å². The summed E-state index contributed by atoms with van der Waals surface area (Å²) in [4.78, 5) is 12.9. The molecule has 1 N–H and O–H groups in total. The minimum Gasteiger partial charge on any atom is -0.348 e. The van der Waals surface area contributed by atoms with E-state index in [1.165, 1.54) is 4.31 Å². The zero-order chi connectivity index (χ0) is 19.7. The summed E-state index contributed by atoms with van der Waals surface area (Å²) in [6.45, 7) is 2.56. The van der Waals surface area contributed by atoms with E-state index in [-0.39, 0.29) is 10.8 Å². The van der Waals surface area contributed by atoms with Gasteiger partial charge < -0.3 is 5.32 Å². The molecule has 0 saturated carbocycles. The maximum Gasteiger partial charge on any atom is 0.264 e. The highest BCUT2D eigenvalue weighted by molar-refractivity contribution is 7.93. The fraction of sp³-hybridized carbons (Fsp3) is 0.136. The van der Waals surface area contributed by atoms with Crippen LogP contribution in [0.5, 0.6) is 0 Å². The second kappa shape index (κ2) is 7.13. The van der Waals surface area contributed by atoms with Gasteiger partial charge in [-0.2, -0.15) is 0 Å².